The first-order chi connectivity index (χ1) is 8.88. The lowest BCUT2D eigenvalue weighted by atomic mass is 10.2. The maximum atomic E-state index is 12.9. The fourth-order valence-electron chi connectivity index (χ4n) is 1.36. The molecule has 0 spiro atoms. The van der Waals surface area contributed by atoms with Crippen LogP contribution in [0.25, 0.3) is 0 Å². The molecule has 106 valence electrons. The zero-order valence-corrected chi connectivity index (χ0v) is 10.3. The van der Waals surface area contributed by atoms with Crippen molar-refractivity contribution in [3.05, 3.63) is 24.0 Å². The molecule has 1 amide bonds. The van der Waals surface area contributed by atoms with Crippen LogP contribution in [0.3, 0.4) is 0 Å². The molecule has 0 aromatic heterocycles. The Morgan fingerprint density at radius 2 is 2.16 bits per heavy atom. The van der Waals surface area contributed by atoms with Crippen LogP contribution in [0.2, 0.25) is 0 Å². The zero-order valence-electron chi connectivity index (χ0n) is 10.3. The number of rotatable bonds is 6. The molecule has 0 bridgehead atoms. The van der Waals surface area contributed by atoms with Crippen LogP contribution in [0, 0.1) is 5.82 Å². The SMILES string of the molecule is CC(N)CCC(=O)Nc1ccc(F)cc1OC(F)F. The van der Waals surface area contributed by atoms with E-state index in [0.29, 0.717) is 6.42 Å². The van der Waals surface area contributed by atoms with Gasteiger partial charge in [-0.1, -0.05) is 0 Å². The van der Waals surface area contributed by atoms with Gasteiger partial charge < -0.3 is 15.8 Å². The van der Waals surface area contributed by atoms with Crippen molar-refractivity contribution in [1.82, 2.24) is 0 Å². The number of ether oxygens (including phenoxy) is 1. The first kappa shape index (κ1) is 15.3. The number of anilines is 1. The number of benzene rings is 1. The van der Waals surface area contributed by atoms with Gasteiger partial charge in [-0.2, -0.15) is 8.78 Å². The number of hydrogen-bond donors (Lipinski definition) is 2. The van der Waals surface area contributed by atoms with Gasteiger partial charge in [-0.3, -0.25) is 4.79 Å². The van der Waals surface area contributed by atoms with Crippen molar-refractivity contribution in [2.45, 2.75) is 32.4 Å². The molecule has 0 aliphatic heterocycles. The van der Waals surface area contributed by atoms with Crippen molar-refractivity contribution in [3.8, 4) is 5.75 Å². The van der Waals surface area contributed by atoms with Crippen molar-refractivity contribution >= 4 is 11.6 Å². The number of carbonyl (C=O) groups is 1. The number of nitrogens with one attached hydrogen (secondary N) is 1. The molecule has 19 heavy (non-hydrogen) atoms. The number of halogens is 3. The summed E-state index contributed by atoms with van der Waals surface area (Å²) in [6.45, 7) is -1.35. The second kappa shape index (κ2) is 6.98. The van der Waals surface area contributed by atoms with Gasteiger partial charge in [0.25, 0.3) is 0 Å². The molecule has 1 aromatic rings. The first-order valence-corrected chi connectivity index (χ1v) is 5.68. The highest BCUT2D eigenvalue weighted by molar-refractivity contribution is 5.92. The van der Waals surface area contributed by atoms with E-state index in [4.69, 9.17) is 5.73 Å². The lowest BCUT2D eigenvalue weighted by Crippen LogP contribution is -2.20. The molecule has 0 heterocycles. The summed E-state index contributed by atoms with van der Waals surface area (Å²) in [7, 11) is 0. The number of nitrogens with two attached hydrogens (primary N) is 1. The van der Waals surface area contributed by atoms with E-state index < -0.39 is 24.1 Å². The highest BCUT2D eigenvalue weighted by Crippen LogP contribution is 2.27. The van der Waals surface area contributed by atoms with Crippen LogP contribution in [0.1, 0.15) is 19.8 Å². The number of carbonyl (C=O) groups excluding carboxylic acids is 1. The lowest BCUT2D eigenvalue weighted by molar-refractivity contribution is -0.116. The van der Waals surface area contributed by atoms with E-state index in [2.05, 4.69) is 10.1 Å². The summed E-state index contributed by atoms with van der Waals surface area (Å²) < 4.78 is 41.4. The minimum Gasteiger partial charge on any atom is -0.432 e. The van der Waals surface area contributed by atoms with E-state index >= 15 is 0 Å². The monoisotopic (exact) mass is 276 g/mol. The third kappa shape index (κ3) is 5.60. The minimum atomic E-state index is -3.10. The summed E-state index contributed by atoms with van der Waals surface area (Å²) in [5.41, 5.74) is 5.49. The average molecular weight is 276 g/mol. The van der Waals surface area contributed by atoms with Gasteiger partial charge in [-0.15, -0.1) is 0 Å². The Bertz CT molecular complexity index is 439. The topological polar surface area (TPSA) is 64.4 Å². The number of amides is 1. The van der Waals surface area contributed by atoms with E-state index in [-0.39, 0.29) is 18.2 Å². The van der Waals surface area contributed by atoms with E-state index in [1.165, 1.54) is 0 Å². The Morgan fingerprint density at radius 1 is 1.47 bits per heavy atom. The van der Waals surface area contributed by atoms with Crippen LogP contribution in [-0.2, 0) is 4.79 Å². The van der Waals surface area contributed by atoms with E-state index in [1.54, 1.807) is 6.92 Å². The normalized spacial score (nSPS) is 12.3. The molecule has 1 atom stereocenters. The summed E-state index contributed by atoms with van der Waals surface area (Å²) in [6.07, 6.45) is 0.598. The van der Waals surface area contributed by atoms with Crippen LogP contribution in [0.4, 0.5) is 18.9 Å². The van der Waals surface area contributed by atoms with Crippen LogP contribution in [0.5, 0.6) is 5.75 Å². The van der Waals surface area contributed by atoms with Crippen LogP contribution < -0.4 is 15.8 Å². The summed E-state index contributed by atoms with van der Waals surface area (Å²) in [4.78, 5) is 11.5. The molecule has 1 aromatic carbocycles. The van der Waals surface area contributed by atoms with Gasteiger partial charge in [0.2, 0.25) is 5.91 Å². The Morgan fingerprint density at radius 3 is 2.74 bits per heavy atom. The van der Waals surface area contributed by atoms with Crippen LogP contribution in [-0.4, -0.2) is 18.6 Å². The molecule has 0 radical (unpaired) electrons. The predicted molar refractivity (Wildman–Crippen MR) is 64.5 cm³/mol. The zero-order chi connectivity index (χ0) is 14.4. The van der Waals surface area contributed by atoms with Gasteiger partial charge in [-0.05, 0) is 25.5 Å². The summed E-state index contributed by atoms with van der Waals surface area (Å²) in [5.74, 6) is -1.54. The maximum absolute atomic E-state index is 12.9. The van der Waals surface area contributed by atoms with Gasteiger partial charge in [-0.25, -0.2) is 4.39 Å². The second-order valence-electron chi connectivity index (χ2n) is 4.08. The van der Waals surface area contributed by atoms with Gasteiger partial charge >= 0.3 is 6.61 Å². The summed E-state index contributed by atoms with van der Waals surface area (Å²) >= 11 is 0. The van der Waals surface area contributed by atoms with Gasteiger partial charge in [0.15, 0.2) is 5.75 Å². The van der Waals surface area contributed by atoms with Crippen LogP contribution >= 0.6 is 0 Å². The summed E-state index contributed by atoms with van der Waals surface area (Å²) in [6, 6.07) is 2.85. The summed E-state index contributed by atoms with van der Waals surface area (Å²) in [5, 5.41) is 2.38. The molecule has 3 N–H and O–H groups in total. The van der Waals surface area contributed by atoms with E-state index in [9.17, 15) is 18.0 Å². The predicted octanol–water partition coefficient (Wildman–Crippen LogP) is 2.49. The van der Waals surface area contributed by atoms with Gasteiger partial charge in [0, 0.05) is 18.5 Å². The number of hydrogen-bond acceptors (Lipinski definition) is 3. The van der Waals surface area contributed by atoms with Crippen molar-refractivity contribution < 1.29 is 22.7 Å². The molecule has 0 saturated carbocycles. The largest absolute Gasteiger partial charge is 0.432 e. The Balaban J connectivity index is 2.73. The molecule has 7 heteroatoms. The molecule has 0 fully saturated rings. The molecule has 1 rings (SSSR count). The molecule has 4 nitrogen and oxygen atoms in total. The molecular weight excluding hydrogens is 261 g/mol. The highest BCUT2D eigenvalue weighted by atomic mass is 19.3. The third-order valence-electron chi connectivity index (χ3n) is 2.26. The van der Waals surface area contributed by atoms with E-state index in [0.717, 1.165) is 18.2 Å². The second-order valence-corrected chi connectivity index (χ2v) is 4.08. The maximum Gasteiger partial charge on any atom is 0.387 e. The Labute approximate surface area is 108 Å². The smallest absolute Gasteiger partial charge is 0.387 e. The minimum absolute atomic E-state index is 0.00336. The molecule has 0 saturated heterocycles. The molecule has 0 aliphatic rings. The van der Waals surface area contributed by atoms with Crippen molar-refractivity contribution in [2.24, 2.45) is 5.73 Å². The van der Waals surface area contributed by atoms with Crippen molar-refractivity contribution in [1.29, 1.82) is 0 Å². The molecule has 1 unspecified atom stereocenters. The molecular formula is C12H15F3N2O2. The average Bonchev–Trinajstić information content (AvgIpc) is 2.29. The van der Waals surface area contributed by atoms with Crippen molar-refractivity contribution in [3.63, 3.8) is 0 Å². The molecule has 0 aliphatic carbocycles. The van der Waals surface area contributed by atoms with Crippen LogP contribution in [0.15, 0.2) is 18.2 Å². The standard InChI is InChI=1S/C12H15F3N2O2/c1-7(16)2-5-11(18)17-9-4-3-8(13)6-10(9)19-12(14)15/h3-4,6-7,12H,2,5,16H2,1H3,(H,17,18). The first-order valence-electron chi connectivity index (χ1n) is 5.68. The third-order valence-corrected chi connectivity index (χ3v) is 2.26. The van der Waals surface area contributed by atoms with Gasteiger partial charge in [0.05, 0.1) is 5.69 Å². The quantitative estimate of drug-likeness (QED) is 0.839. The highest BCUT2D eigenvalue weighted by Gasteiger charge is 2.13. The number of alkyl halides is 2. The fourth-order valence-corrected chi connectivity index (χ4v) is 1.36. The Kier molecular flexibility index (Phi) is 5.62. The lowest BCUT2D eigenvalue weighted by Gasteiger charge is -2.12. The van der Waals surface area contributed by atoms with Gasteiger partial charge in [0.1, 0.15) is 5.82 Å². The van der Waals surface area contributed by atoms with E-state index in [1.807, 2.05) is 0 Å². The Hall–Kier alpha value is -1.76. The van der Waals surface area contributed by atoms with Crippen molar-refractivity contribution in [2.75, 3.05) is 5.32 Å². The fraction of sp³-hybridized carbons (Fsp3) is 0.417.